The predicted molar refractivity (Wildman–Crippen MR) is 229 cm³/mol. The van der Waals surface area contributed by atoms with Gasteiger partial charge in [-0.2, -0.15) is 8.42 Å². The maximum Gasteiger partial charge on any atom is 0.397 e. The molecule has 1 amide bonds. The molecule has 0 aliphatic carbocycles. The predicted octanol–water partition coefficient (Wildman–Crippen LogP) is 7.97. The standard InChI is InChI=1S/C44H87NO12S/c1-3-5-7-9-11-13-14-15-16-17-18-19-20-21-22-23-24-25-27-28-30-32-37(47)36(45-43(51)38(48)33-31-29-26-12-10-8-6-4-2)35-55-44-41(50)42(57-58(52,53)54)40(49)39(34-46)56-44/h36-42,44,46-50H,3-35H2,1-2H3,(H,45,51)(H,52,53,54). The van der Waals surface area contributed by atoms with E-state index in [0.29, 0.717) is 19.3 Å². The molecule has 0 aromatic rings. The highest BCUT2D eigenvalue weighted by molar-refractivity contribution is 7.80. The highest BCUT2D eigenvalue weighted by Crippen LogP contribution is 2.26. The number of amides is 1. The average Bonchev–Trinajstić information content (AvgIpc) is 3.19. The van der Waals surface area contributed by atoms with Crippen molar-refractivity contribution in [3.8, 4) is 0 Å². The van der Waals surface area contributed by atoms with Crippen molar-refractivity contribution in [1.29, 1.82) is 0 Å². The quantitative estimate of drug-likeness (QED) is 0.0231. The molecule has 1 aliphatic rings. The van der Waals surface area contributed by atoms with E-state index in [-0.39, 0.29) is 6.42 Å². The van der Waals surface area contributed by atoms with Crippen molar-refractivity contribution in [3.63, 3.8) is 0 Å². The number of aliphatic hydroxyl groups excluding tert-OH is 5. The Kier molecular flexibility index (Phi) is 33.8. The van der Waals surface area contributed by atoms with E-state index in [1.807, 2.05) is 0 Å². The van der Waals surface area contributed by atoms with Gasteiger partial charge in [-0.05, 0) is 12.8 Å². The number of hydrogen-bond acceptors (Lipinski definition) is 11. The molecule has 0 radical (unpaired) electrons. The third kappa shape index (κ3) is 27.8. The summed E-state index contributed by atoms with van der Waals surface area (Å²) in [4.78, 5) is 13.0. The molecule has 346 valence electrons. The minimum absolute atomic E-state index is 0.263. The van der Waals surface area contributed by atoms with Crippen LogP contribution < -0.4 is 5.32 Å². The molecular weight excluding hydrogens is 767 g/mol. The topological polar surface area (TPSA) is 212 Å². The van der Waals surface area contributed by atoms with Crippen molar-refractivity contribution in [3.05, 3.63) is 0 Å². The summed E-state index contributed by atoms with van der Waals surface area (Å²) >= 11 is 0. The fourth-order valence-electron chi connectivity index (χ4n) is 7.76. The molecule has 0 bridgehead atoms. The van der Waals surface area contributed by atoms with E-state index in [1.54, 1.807) is 0 Å². The molecular formula is C44H87NO12S. The molecule has 0 aromatic heterocycles. The molecule has 1 heterocycles. The summed E-state index contributed by atoms with van der Waals surface area (Å²) in [6, 6.07) is -1.03. The van der Waals surface area contributed by atoms with Crippen LogP contribution in [0.4, 0.5) is 0 Å². The number of carbonyl (C=O) groups is 1. The van der Waals surface area contributed by atoms with Crippen LogP contribution in [-0.4, -0.2) is 107 Å². The maximum atomic E-state index is 13.0. The Labute approximate surface area is 352 Å². The molecule has 0 aromatic carbocycles. The van der Waals surface area contributed by atoms with Crippen molar-refractivity contribution in [2.45, 2.75) is 262 Å². The molecule has 14 heteroatoms. The largest absolute Gasteiger partial charge is 0.397 e. The van der Waals surface area contributed by atoms with E-state index in [4.69, 9.17) is 14.0 Å². The van der Waals surface area contributed by atoms with Gasteiger partial charge < -0.3 is 40.3 Å². The third-order valence-corrected chi connectivity index (χ3v) is 12.0. The highest BCUT2D eigenvalue weighted by Gasteiger charge is 2.48. The lowest BCUT2D eigenvalue weighted by molar-refractivity contribution is -0.298. The summed E-state index contributed by atoms with van der Waals surface area (Å²) in [5, 5.41) is 55.2. The number of unbranched alkanes of at least 4 members (excludes halogenated alkanes) is 27. The first-order chi connectivity index (χ1) is 27.9. The zero-order valence-corrected chi connectivity index (χ0v) is 37.3. The van der Waals surface area contributed by atoms with Crippen LogP contribution in [-0.2, 0) is 28.9 Å². The van der Waals surface area contributed by atoms with Gasteiger partial charge in [0.25, 0.3) is 0 Å². The summed E-state index contributed by atoms with van der Waals surface area (Å²) in [6.45, 7) is 3.24. The smallest absolute Gasteiger partial charge is 0.394 e. The minimum Gasteiger partial charge on any atom is -0.394 e. The Morgan fingerprint density at radius 2 is 1.00 bits per heavy atom. The fourth-order valence-corrected chi connectivity index (χ4v) is 8.27. The highest BCUT2D eigenvalue weighted by atomic mass is 32.3. The molecule has 7 N–H and O–H groups in total. The molecule has 13 nitrogen and oxygen atoms in total. The third-order valence-electron chi connectivity index (χ3n) is 11.5. The SMILES string of the molecule is CCCCCCCCCCCCCCCCCCCCCCCC(O)C(COC1OC(CO)C(O)C(OS(=O)(=O)O)C1O)NC(=O)C(O)CCCCCCCCCC. The van der Waals surface area contributed by atoms with Crippen LogP contribution >= 0.6 is 0 Å². The lowest BCUT2D eigenvalue weighted by atomic mass is 9.99. The van der Waals surface area contributed by atoms with Gasteiger partial charge in [0.15, 0.2) is 6.29 Å². The number of aliphatic hydroxyl groups is 5. The van der Waals surface area contributed by atoms with Crippen LogP contribution in [0.2, 0.25) is 0 Å². The van der Waals surface area contributed by atoms with Crippen LogP contribution in [0, 0.1) is 0 Å². The molecule has 58 heavy (non-hydrogen) atoms. The number of nitrogens with one attached hydrogen (secondary N) is 1. The van der Waals surface area contributed by atoms with Crippen molar-refractivity contribution in [2.75, 3.05) is 13.2 Å². The molecule has 0 spiro atoms. The summed E-state index contributed by atoms with van der Waals surface area (Å²) in [5.74, 6) is -0.671. The van der Waals surface area contributed by atoms with E-state index in [2.05, 4.69) is 23.3 Å². The zero-order chi connectivity index (χ0) is 42.9. The number of carbonyl (C=O) groups excluding carboxylic acids is 1. The average molecular weight is 854 g/mol. The van der Waals surface area contributed by atoms with Crippen LogP contribution in [0.15, 0.2) is 0 Å². The normalized spacial score (nSPS) is 21.6. The second-order valence-corrected chi connectivity index (χ2v) is 17.9. The monoisotopic (exact) mass is 854 g/mol. The molecule has 8 unspecified atom stereocenters. The zero-order valence-electron chi connectivity index (χ0n) is 36.5. The molecule has 1 fully saturated rings. The van der Waals surface area contributed by atoms with Gasteiger partial charge in [-0.15, -0.1) is 0 Å². The van der Waals surface area contributed by atoms with Gasteiger partial charge in [-0.25, -0.2) is 4.18 Å². The summed E-state index contributed by atoms with van der Waals surface area (Å²) in [7, 11) is -5.10. The molecule has 1 saturated heterocycles. The van der Waals surface area contributed by atoms with Gasteiger partial charge >= 0.3 is 10.4 Å². The second-order valence-electron chi connectivity index (χ2n) is 16.9. The van der Waals surface area contributed by atoms with Gasteiger partial charge in [0.05, 0.1) is 25.4 Å². The van der Waals surface area contributed by atoms with Gasteiger partial charge in [0.2, 0.25) is 5.91 Å². The Hall–Kier alpha value is -0.940. The van der Waals surface area contributed by atoms with E-state index in [0.717, 1.165) is 38.5 Å². The van der Waals surface area contributed by atoms with Gasteiger partial charge in [-0.1, -0.05) is 200 Å². The van der Waals surface area contributed by atoms with Crippen molar-refractivity contribution in [2.24, 2.45) is 0 Å². The maximum absolute atomic E-state index is 13.0. The Balaban J connectivity index is 2.46. The molecule has 8 atom stereocenters. The van der Waals surface area contributed by atoms with Crippen LogP contribution in [0.25, 0.3) is 0 Å². The first-order valence-electron chi connectivity index (χ1n) is 23.5. The first-order valence-corrected chi connectivity index (χ1v) is 24.9. The van der Waals surface area contributed by atoms with E-state index in [9.17, 15) is 38.7 Å². The number of ether oxygens (including phenoxy) is 2. The lowest BCUT2D eigenvalue weighted by Gasteiger charge is -2.41. The second kappa shape index (κ2) is 35.6. The fraction of sp³-hybridized carbons (Fsp3) is 0.977. The summed E-state index contributed by atoms with van der Waals surface area (Å²) in [5.41, 5.74) is 0. The Bertz CT molecular complexity index is 1070. The van der Waals surface area contributed by atoms with Crippen molar-refractivity contribution >= 4 is 16.3 Å². The van der Waals surface area contributed by atoms with Gasteiger partial charge in [-0.3, -0.25) is 9.35 Å². The van der Waals surface area contributed by atoms with Crippen LogP contribution in [0.3, 0.4) is 0 Å². The van der Waals surface area contributed by atoms with Crippen LogP contribution in [0.5, 0.6) is 0 Å². The Morgan fingerprint density at radius 3 is 1.38 bits per heavy atom. The molecule has 1 rings (SSSR count). The van der Waals surface area contributed by atoms with E-state index in [1.165, 1.54) is 135 Å². The van der Waals surface area contributed by atoms with Gasteiger partial charge in [0, 0.05) is 0 Å². The minimum atomic E-state index is -5.10. The Morgan fingerprint density at radius 1 is 0.621 bits per heavy atom. The van der Waals surface area contributed by atoms with Crippen molar-refractivity contribution in [1.82, 2.24) is 5.32 Å². The summed E-state index contributed by atoms with van der Waals surface area (Å²) < 4.78 is 47.5. The lowest BCUT2D eigenvalue weighted by Crippen LogP contribution is -2.61. The number of hydrogen-bond donors (Lipinski definition) is 7. The molecule has 0 saturated carbocycles. The van der Waals surface area contributed by atoms with Gasteiger partial charge in [0.1, 0.15) is 30.5 Å². The van der Waals surface area contributed by atoms with Crippen molar-refractivity contribution < 1.29 is 57.0 Å². The summed E-state index contributed by atoms with van der Waals surface area (Å²) in [6.07, 6.45) is 24.6. The van der Waals surface area contributed by atoms with Crippen LogP contribution in [0.1, 0.15) is 213 Å². The van der Waals surface area contributed by atoms with E-state index >= 15 is 0 Å². The number of rotatable bonds is 40. The molecule has 1 aliphatic heterocycles. The first kappa shape index (κ1) is 55.1. The van der Waals surface area contributed by atoms with E-state index < -0.39 is 78.5 Å².